The maximum atomic E-state index is 13.0. The molecule has 3 aromatic carbocycles. The molecule has 0 aliphatic rings. The van der Waals surface area contributed by atoms with Gasteiger partial charge in [0, 0.05) is 11.0 Å². The summed E-state index contributed by atoms with van der Waals surface area (Å²) < 4.78 is 7.30. The lowest BCUT2D eigenvalue weighted by molar-refractivity contribution is -0.384. The summed E-state index contributed by atoms with van der Waals surface area (Å²) in [6.07, 6.45) is 0. The Labute approximate surface area is 192 Å². The largest absolute Gasteiger partial charge is 0.402 e. The van der Waals surface area contributed by atoms with Crippen LogP contribution in [0.1, 0.15) is 16.1 Å². The van der Waals surface area contributed by atoms with Gasteiger partial charge in [-0.2, -0.15) is 9.78 Å². The van der Waals surface area contributed by atoms with Crippen molar-refractivity contribution in [3.8, 4) is 11.6 Å². The Morgan fingerprint density at radius 2 is 1.72 bits per heavy atom. The Morgan fingerprint density at radius 1 is 1.06 bits per heavy atom. The van der Waals surface area contributed by atoms with Crippen LogP contribution in [0.5, 0.6) is 5.88 Å². The number of para-hydroxylation sites is 1. The molecule has 0 amide bonds. The van der Waals surface area contributed by atoms with Gasteiger partial charge in [-0.05, 0) is 43.3 Å². The zero-order valence-corrected chi connectivity index (χ0v) is 18.3. The molecule has 0 saturated carbocycles. The summed E-state index contributed by atoms with van der Waals surface area (Å²) in [5.74, 6) is -0.526. The van der Waals surface area contributed by atoms with E-state index in [1.54, 1.807) is 4.68 Å². The smallest absolute Gasteiger partial charge is 0.345 e. The number of hydrogen-bond acceptors (Lipinski definition) is 6. The van der Waals surface area contributed by atoms with Crippen LogP contribution < -0.4 is 4.74 Å². The second-order valence-corrected chi connectivity index (χ2v) is 8.19. The predicted molar refractivity (Wildman–Crippen MR) is 122 cm³/mol. The average Bonchev–Trinajstić information content (AvgIpc) is 3.10. The van der Waals surface area contributed by atoms with Crippen LogP contribution in [0.4, 0.5) is 5.69 Å². The summed E-state index contributed by atoms with van der Waals surface area (Å²) in [4.78, 5) is 25.1. The molecule has 9 heteroatoms. The lowest BCUT2D eigenvalue weighted by Crippen LogP contribution is -2.12. The fourth-order valence-electron chi connectivity index (χ4n) is 2.98. The highest BCUT2D eigenvalue weighted by molar-refractivity contribution is 7.99. The molecule has 0 N–H and O–H groups in total. The van der Waals surface area contributed by atoms with Crippen molar-refractivity contribution in [2.75, 3.05) is 0 Å². The molecule has 0 radical (unpaired) electrons. The van der Waals surface area contributed by atoms with E-state index in [4.69, 9.17) is 16.3 Å². The molecule has 1 heterocycles. The molecule has 0 fully saturated rings. The zero-order valence-electron chi connectivity index (χ0n) is 16.8. The molecule has 0 saturated heterocycles. The van der Waals surface area contributed by atoms with E-state index in [0.29, 0.717) is 16.3 Å². The SMILES string of the molecule is Cc1nn(-c2ccccc2)c(OC(=O)c2ccc(Cl)c([N+](=O)[O-])c2)c1Sc1ccccc1. The normalized spacial score (nSPS) is 10.7. The third-order valence-corrected chi connectivity index (χ3v) is 6.00. The highest BCUT2D eigenvalue weighted by Gasteiger charge is 2.24. The number of aryl methyl sites for hydroxylation is 1. The molecule has 0 spiro atoms. The summed E-state index contributed by atoms with van der Waals surface area (Å²) in [7, 11) is 0. The fourth-order valence-corrected chi connectivity index (χ4v) is 4.10. The quantitative estimate of drug-likeness (QED) is 0.194. The van der Waals surface area contributed by atoms with Crippen molar-refractivity contribution < 1.29 is 14.5 Å². The first-order valence-corrected chi connectivity index (χ1v) is 10.7. The van der Waals surface area contributed by atoms with Crippen LogP contribution >= 0.6 is 23.4 Å². The molecule has 160 valence electrons. The van der Waals surface area contributed by atoms with Gasteiger partial charge in [0.15, 0.2) is 0 Å². The van der Waals surface area contributed by atoms with E-state index in [-0.39, 0.29) is 22.2 Å². The minimum absolute atomic E-state index is 0.00947. The lowest BCUT2D eigenvalue weighted by atomic mass is 10.2. The second-order valence-electron chi connectivity index (χ2n) is 6.69. The van der Waals surface area contributed by atoms with Gasteiger partial charge in [0.25, 0.3) is 5.69 Å². The molecule has 0 unspecified atom stereocenters. The minimum Gasteiger partial charge on any atom is -0.402 e. The Morgan fingerprint density at radius 3 is 2.38 bits per heavy atom. The van der Waals surface area contributed by atoms with Gasteiger partial charge in [-0.3, -0.25) is 10.1 Å². The van der Waals surface area contributed by atoms with Crippen molar-refractivity contribution >= 4 is 35.0 Å². The molecule has 0 atom stereocenters. The predicted octanol–water partition coefficient (Wildman–Crippen LogP) is 6.11. The summed E-state index contributed by atoms with van der Waals surface area (Å²) >= 11 is 7.28. The first-order chi connectivity index (χ1) is 15.4. The van der Waals surface area contributed by atoms with E-state index in [1.807, 2.05) is 67.6 Å². The van der Waals surface area contributed by atoms with Crippen molar-refractivity contribution in [2.45, 2.75) is 16.7 Å². The van der Waals surface area contributed by atoms with E-state index >= 15 is 0 Å². The van der Waals surface area contributed by atoms with Gasteiger partial charge < -0.3 is 4.74 Å². The highest BCUT2D eigenvalue weighted by Crippen LogP contribution is 2.39. The van der Waals surface area contributed by atoms with Crippen molar-refractivity contribution in [1.29, 1.82) is 0 Å². The first kappa shape index (κ1) is 21.6. The number of benzene rings is 3. The van der Waals surface area contributed by atoms with Gasteiger partial charge in [0.1, 0.15) is 5.02 Å². The van der Waals surface area contributed by atoms with Gasteiger partial charge in [-0.1, -0.05) is 59.8 Å². The molecule has 7 nitrogen and oxygen atoms in total. The number of hydrogen-bond donors (Lipinski definition) is 0. The Bertz CT molecular complexity index is 1290. The summed E-state index contributed by atoms with van der Waals surface area (Å²) in [5.41, 5.74) is 1.02. The third-order valence-electron chi connectivity index (χ3n) is 4.50. The zero-order chi connectivity index (χ0) is 22.7. The number of aromatic nitrogens is 2. The van der Waals surface area contributed by atoms with Crippen LogP contribution in [0.15, 0.2) is 88.7 Å². The molecule has 4 rings (SSSR count). The summed E-state index contributed by atoms with van der Waals surface area (Å²) in [6, 6.07) is 22.7. The molecule has 32 heavy (non-hydrogen) atoms. The number of rotatable bonds is 6. The van der Waals surface area contributed by atoms with Gasteiger partial charge in [0.05, 0.1) is 26.8 Å². The molecular weight excluding hydrogens is 450 g/mol. The van der Waals surface area contributed by atoms with Crippen LogP contribution in [0.3, 0.4) is 0 Å². The standard InChI is InChI=1S/C23H16ClN3O4S/c1-15-21(32-18-10-6-3-7-11-18)22(26(25-15)17-8-4-2-5-9-17)31-23(28)16-12-13-19(24)20(14-16)27(29)30/h2-14H,1H3. The molecule has 1 aromatic heterocycles. The Hall–Kier alpha value is -3.62. The van der Waals surface area contributed by atoms with Crippen molar-refractivity contribution in [2.24, 2.45) is 0 Å². The number of nitrogens with zero attached hydrogens (tertiary/aromatic N) is 3. The maximum absolute atomic E-state index is 13.0. The Kier molecular flexibility index (Phi) is 6.25. The molecule has 0 bridgehead atoms. The number of esters is 1. The van der Waals surface area contributed by atoms with Crippen LogP contribution in [0.25, 0.3) is 5.69 Å². The highest BCUT2D eigenvalue weighted by atomic mass is 35.5. The van der Waals surface area contributed by atoms with Crippen LogP contribution in [0, 0.1) is 17.0 Å². The summed E-state index contributed by atoms with van der Waals surface area (Å²) in [5, 5.41) is 15.7. The maximum Gasteiger partial charge on any atom is 0.345 e. The number of carbonyl (C=O) groups excluding carboxylic acids is 1. The van der Waals surface area contributed by atoms with Gasteiger partial charge in [-0.25, -0.2) is 4.79 Å². The van der Waals surface area contributed by atoms with E-state index in [1.165, 1.54) is 23.9 Å². The van der Waals surface area contributed by atoms with Gasteiger partial charge in [-0.15, -0.1) is 0 Å². The second kappa shape index (κ2) is 9.25. The first-order valence-electron chi connectivity index (χ1n) is 9.48. The van der Waals surface area contributed by atoms with Gasteiger partial charge in [0.2, 0.25) is 5.88 Å². The van der Waals surface area contributed by atoms with E-state index < -0.39 is 10.9 Å². The number of nitro groups is 1. The van der Waals surface area contributed by atoms with Crippen molar-refractivity contribution in [3.63, 3.8) is 0 Å². The van der Waals surface area contributed by atoms with Crippen LogP contribution in [-0.2, 0) is 0 Å². The van der Waals surface area contributed by atoms with E-state index in [0.717, 1.165) is 11.0 Å². The van der Waals surface area contributed by atoms with Crippen LogP contribution in [0.2, 0.25) is 5.02 Å². The van der Waals surface area contributed by atoms with Crippen LogP contribution in [-0.4, -0.2) is 20.7 Å². The number of nitro benzene ring substituents is 1. The fraction of sp³-hybridized carbons (Fsp3) is 0.0435. The molecule has 4 aromatic rings. The number of halogens is 1. The van der Waals surface area contributed by atoms with Crippen molar-refractivity contribution in [3.05, 3.63) is 105 Å². The van der Waals surface area contributed by atoms with Gasteiger partial charge >= 0.3 is 5.97 Å². The average molecular weight is 466 g/mol. The van der Waals surface area contributed by atoms with Crippen molar-refractivity contribution in [1.82, 2.24) is 9.78 Å². The number of carbonyl (C=O) groups is 1. The monoisotopic (exact) mass is 465 g/mol. The number of ether oxygens (including phenoxy) is 1. The Balaban J connectivity index is 1.77. The topological polar surface area (TPSA) is 87.3 Å². The lowest BCUT2D eigenvalue weighted by Gasteiger charge is -2.10. The molecule has 0 aliphatic carbocycles. The third kappa shape index (κ3) is 4.51. The summed E-state index contributed by atoms with van der Waals surface area (Å²) in [6.45, 7) is 1.83. The molecular formula is C23H16ClN3O4S. The molecule has 0 aliphatic heterocycles. The van der Waals surface area contributed by atoms with E-state index in [2.05, 4.69) is 5.10 Å². The minimum atomic E-state index is -0.753. The van der Waals surface area contributed by atoms with E-state index in [9.17, 15) is 14.9 Å².